The molecule has 52 heavy (non-hydrogen) atoms. The summed E-state index contributed by atoms with van der Waals surface area (Å²) in [6, 6.07) is 18.2. The zero-order valence-corrected chi connectivity index (χ0v) is 28.2. The second kappa shape index (κ2) is 14.2. The Kier molecular flexibility index (Phi) is 9.49. The van der Waals surface area contributed by atoms with Crippen LogP contribution in [0.2, 0.25) is 0 Å². The summed E-state index contributed by atoms with van der Waals surface area (Å²) in [6.07, 6.45) is 1.51. The lowest BCUT2D eigenvalue weighted by Gasteiger charge is -2.24. The second-order valence-corrected chi connectivity index (χ2v) is 13.5. The first kappa shape index (κ1) is 34.8. The molecule has 8 nitrogen and oxygen atoms in total. The number of nitrogens with one attached hydrogen (secondary N) is 2. The summed E-state index contributed by atoms with van der Waals surface area (Å²) in [7, 11) is 0. The molecule has 1 saturated heterocycles. The van der Waals surface area contributed by atoms with E-state index < -0.39 is 46.8 Å². The van der Waals surface area contributed by atoms with Crippen LogP contribution in [0.3, 0.4) is 0 Å². The Morgan fingerprint density at radius 3 is 2.35 bits per heavy atom. The van der Waals surface area contributed by atoms with Crippen LogP contribution in [-0.2, 0) is 6.42 Å². The Balaban J connectivity index is 1.09. The van der Waals surface area contributed by atoms with Crippen LogP contribution in [0.4, 0.5) is 44.8 Å². The van der Waals surface area contributed by atoms with Gasteiger partial charge in [0.05, 0.1) is 16.1 Å². The molecular weight excluding hydrogens is 702 g/mol. The fourth-order valence-electron chi connectivity index (χ4n) is 6.38. The molecule has 5 aromatic rings. The van der Waals surface area contributed by atoms with Gasteiger partial charge in [0.2, 0.25) is 5.92 Å². The average molecular weight is 732 g/mol. The van der Waals surface area contributed by atoms with Gasteiger partial charge in [-0.25, -0.2) is 26.9 Å². The lowest BCUT2D eigenvalue weighted by molar-refractivity contribution is -0.0102. The molecule has 3 aromatic carbocycles. The van der Waals surface area contributed by atoms with Crippen molar-refractivity contribution < 1.29 is 36.3 Å². The number of amides is 3. The summed E-state index contributed by atoms with van der Waals surface area (Å²) < 4.78 is 71.0. The van der Waals surface area contributed by atoms with Crippen LogP contribution in [0, 0.1) is 17.5 Å². The van der Waals surface area contributed by atoms with Crippen LogP contribution in [0.1, 0.15) is 55.2 Å². The van der Waals surface area contributed by atoms with E-state index in [1.807, 2.05) is 0 Å². The maximum atomic E-state index is 14.7. The molecule has 0 spiro atoms. The molecule has 4 heterocycles. The molecule has 0 unspecified atom stereocenters. The predicted octanol–water partition coefficient (Wildman–Crippen LogP) is 8.56. The van der Waals surface area contributed by atoms with Crippen molar-refractivity contribution in [1.82, 2.24) is 4.98 Å². The largest absolute Gasteiger partial charge is 0.356 e. The first-order valence-corrected chi connectivity index (χ1v) is 17.3. The van der Waals surface area contributed by atoms with E-state index in [-0.39, 0.29) is 54.0 Å². The molecule has 1 fully saturated rings. The van der Waals surface area contributed by atoms with E-state index in [1.54, 1.807) is 35.2 Å². The Morgan fingerprint density at radius 1 is 0.808 bits per heavy atom. The van der Waals surface area contributed by atoms with Gasteiger partial charge in [0, 0.05) is 60.4 Å². The van der Waals surface area contributed by atoms with Gasteiger partial charge in [0.15, 0.2) is 0 Å². The van der Waals surface area contributed by atoms with E-state index >= 15 is 0 Å². The third-order valence-corrected chi connectivity index (χ3v) is 10.2. The number of para-hydroxylation sites is 1. The van der Waals surface area contributed by atoms with Crippen molar-refractivity contribution in [3.63, 3.8) is 0 Å². The van der Waals surface area contributed by atoms with Crippen LogP contribution in [-0.4, -0.2) is 48.3 Å². The number of thiophene rings is 1. The van der Waals surface area contributed by atoms with E-state index in [2.05, 4.69) is 15.6 Å². The number of pyridine rings is 1. The third kappa shape index (κ3) is 7.11. The van der Waals surface area contributed by atoms with Crippen molar-refractivity contribution in [3.05, 3.63) is 124 Å². The van der Waals surface area contributed by atoms with Gasteiger partial charge in [0.1, 0.15) is 29.0 Å². The van der Waals surface area contributed by atoms with E-state index in [4.69, 9.17) is 0 Å². The number of alkyl halides is 2. The summed E-state index contributed by atoms with van der Waals surface area (Å²) >= 11 is 1.06. The fraction of sp³-hybridized carbons (Fsp3) is 0.211. The molecule has 2 aliphatic heterocycles. The number of hydrogen-bond acceptors (Lipinski definition) is 6. The number of benzene rings is 3. The minimum absolute atomic E-state index is 0.0608. The third-order valence-electron chi connectivity index (χ3n) is 9.02. The first-order chi connectivity index (χ1) is 25.0. The van der Waals surface area contributed by atoms with Crippen molar-refractivity contribution >= 4 is 51.9 Å². The molecule has 14 heteroatoms. The summed E-state index contributed by atoms with van der Waals surface area (Å²) in [5, 5.41) is 5.08. The molecule has 0 aliphatic carbocycles. The number of aromatic nitrogens is 1. The van der Waals surface area contributed by atoms with E-state index in [9.17, 15) is 36.3 Å². The molecule has 266 valence electrons. The Labute approximate surface area is 298 Å². The molecule has 7 rings (SSSR count). The van der Waals surface area contributed by atoms with E-state index in [0.29, 0.717) is 40.5 Å². The van der Waals surface area contributed by atoms with Crippen molar-refractivity contribution in [2.75, 3.05) is 40.1 Å². The van der Waals surface area contributed by atoms with E-state index in [1.165, 1.54) is 47.5 Å². The number of hydrogen-bond donors (Lipinski definition) is 2. The van der Waals surface area contributed by atoms with Gasteiger partial charge < -0.3 is 20.4 Å². The number of anilines is 4. The fourth-order valence-corrected chi connectivity index (χ4v) is 7.52. The van der Waals surface area contributed by atoms with Crippen molar-refractivity contribution in [2.24, 2.45) is 0 Å². The SMILES string of the molecule is O=C(Nc1c(F)cccc1F)c1cc2c(s1)-c1ccc(F)cc1N(C(=O)c1ccc(NC(=O)c3cccnc3N3CCCC(F)(F)CC3)cc1)CC2. The Hall–Kier alpha value is -5.63. The quantitative estimate of drug-likeness (QED) is 0.171. The maximum absolute atomic E-state index is 14.7. The van der Waals surface area contributed by atoms with E-state index in [0.717, 1.165) is 23.5 Å². The van der Waals surface area contributed by atoms with Crippen LogP contribution < -0.4 is 20.4 Å². The first-order valence-electron chi connectivity index (χ1n) is 16.5. The Morgan fingerprint density at radius 2 is 1.58 bits per heavy atom. The molecule has 2 N–H and O–H groups in total. The number of fused-ring (bicyclic) bond motifs is 3. The predicted molar refractivity (Wildman–Crippen MR) is 189 cm³/mol. The van der Waals surface area contributed by atoms with Crippen LogP contribution in [0.5, 0.6) is 0 Å². The van der Waals surface area contributed by atoms with Crippen molar-refractivity contribution in [1.29, 1.82) is 0 Å². The molecule has 0 radical (unpaired) electrons. The topological polar surface area (TPSA) is 94.6 Å². The van der Waals surface area contributed by atoms with Crippen molar-refractivity contribution in [2.45, 2.75) is 31.6 Å². The lowest BCUT2D eigenvalue weighted by atomic mass is 10.1. The van der Waals surface area contributed by atoms with Gasteiger partial charge in [-0.15, -0.1) is 11.3 Å². The minimum atomic E-state index is -2.77. The summed E-state index contributed by atoms with van der Waals surface area (Å²) in [6.45, 7) is 0.534. The minimum Gasteiger partial charge on any atom is -0.356 e. The monoisotopic (exact) mass is 731 g/mol. The van der Waals surface area contributed by atoms with Gasteiger partial charge in [-0.05, 0) is 91.2 Å². The maximum Gasteiger partial charge on any atom is 0.265 e. The van der Waals surface area contributed by atoms with Gasteiger partial charge in [0.25, 0.3) is 17.7 Å². The van der Waals surface area contributed by atoms with Gasteiger partial charge in [-0.2, -0.15) is 0 Å². The van der Waals surface area contributed by atoms with Crippen LogP contribution in [0.25, 0.3) is 10.4 Å². The highest BCUT2D eigenvalue weighted by atomic mass is 32.1. The molecule has 2 aliphatic rings. The van der Waals surface area contributed by atoms with Gasteiger partial charge in [-0.3, -0.25) is 14.4 Å². The normalized spacial score (nSPS) is 15.2. The molecule has 2 aromatic heterocycles. The molecular formula is C38H30F5N5O3S. The van der Waals surface area contributed by atoms with Crippen LogP contribution in [0.15, 0.2) is 85.1 Å². The highest BCUT2D eigenvalue weighted by molar-refractivity contribution is 7.17. The zero-order chi connectivity index (χ0) is 36.6. The molecule has 3 amide bonds. The summed E-state index contributed by atoms with van der Waals surface area (Å²) in [5.41, 5.74) is 1.79. The smallest absolute Gasteiger partial charge is 0.265 e. The molecule has 0 saturated carbocycles. The highest BCUT2D eigenvalue weighted by Crippen LogP contribution is 2.42. The summed E-state index contributed by atoms with van der Waals surface area (Å²) in [4.78, 5) is 48.5. The number of halogens is 5. The summed E-state index contributed by atoms with van der Waals surface area (Å²) in [5.74, 6) is -6.50. The Bertz CT molecular complexity index is 2170. The van der Waals surface area contributed by atoms with Crippen molar-refractivity contribution in [3.8, 4) is 10.4 Å². The molecule has 0 bridgehead atoms. The lowest BCUT2D eigenvalue weighted by Crippen LogP contribution is -2.32. The standard InChI is InChI=1S/C38H30F5N5O3S/c39-24-9-12-26-30(21-24)48(18-13-23-20-31(52-33(23)26)36(50)46-32-28(40)5-1-6-29(32)41)37(51)22-7-10-25(11-8-22)45-35(49)27-4-2-16-44-34(27)47-17-3-14-38(42,43)15-19-47/h1-2,4-12,16,20-21H,3,13-15,17-19H2,(H,45,49)(H,46,50). The second-order valence-electron chi connectivity index (χ2n) is 12.5. The van der Waals surface area contributed by atoms with Gasteiger partial charge in [-0.1, -0.05) is 6.07 Å². The number of nitrogens with zero attached hydrogens (tertiary/aromatic N) is 3. The number of carbonyl (C=O) groups excluding carboxylic acids is 3. The molecule has 0 atom stereocenters. The highest BCUT2D eigenvalue weighted by Gasteiger charge is 2.33. The number of rotatable bonds is 6. The zero-order valence-electron chi connectivity index (χ0n) is 27.4. The van der Waals surface area contributed by atoms with Crippen LogP contribution >= 0.6 is 11.3 Å². The number of carbonyl (C=O) groups is 3. The average Bonchev–Trinajstić information content (AvgIpc) is 3.39. The van der Waals surface area contributed by atoms with Gasteiger partial charge >= 0.3 is 0 Å².